The third-order valence-electron chi connectivity index (χ3n) is 5.53. The Hall–Kier alpha value is -2.64. The number of carbonyl (C=O) groups excluding carboxylic acids is 1. The van der Waals surface area contributed by atoms with Gasteiger partial charge in [-0.1, -0.05) is 29.8 Å². The van der Waals surface area contributed by atoms with Crippen LogP contribution in [0.3, 0.4) is 0 Å². The Bertz CT molecular complexity index is 1350. The van der Waals surface area contributed by atoms with E-state index in [0.717, 1.165) is 16.7 Å². The highest BCUT2D eigenvalue weighted by Crippen LogP contribution is 2.25. The smallest absolute Gasteiger partial charge is 0.290 e. The molecule has 8 heteroatoms. The molecular formula is C23H22ClNO5S. The number of nitrogens with zero attached hydrogens (tertiary/aromatic N) is 1. The second-order valence-electron chi connectivity index (χ2n) is 8.05. The van der Waals surface area contributed by atoms with Crippen molar-refractivity contribution < 1.29 is 17.6 Å². The van der Waals surface area contributed by atoms with Crippen molar-refractivity contribution in [3.8, 4) is 0 Å². The molecule has 0 aliphatic carbocycles. The van der Waals surface area contributed by atoms with Crippen molar-refractivity contribution in [3.05, 3.63) is 80.2 Å². The molecule has 4 rings (SSSR count). The van der Waals surface area contributed by atoms with Crippen LogP contribution in [-0.4, -0.2) is 36.8 Å². The Balaban J connectivity index is 1.77. The largest absolute Gasteiger partial charge is 0.451 e. The number of sulfone groups is 1. The van der Waals surface area contributed by atoms with Crippen LogP contribution in [0.25, 0.3) is 11.0 Å². The number of hydrogen-bond acceptors (Lipinski definition) is 5. The summed E-state index contributed by atoms with van der Waals surface area (Å²) >= 11 is 6.09. The Kier molecular flexibility index (Phi) is 5.66. The third kappa shape index (κ3) is 4.52. The summed E-state index contributed by atoms with van der Waals surface area (Å²) in [5.41, 5.74) is 2.50. The van der Waals surface area contributed by atoms with Gasteiger partial charge in [-0.3, -0.25) is 9.59 Å². The monoisotopic (exact) mass is 459 g/mol. The molecule has 3 aromatic rings. The fourth-order valence-electron chi connectivity index (χ4n) is 4.13. The highest BCUT2D eigenvalue weighted by Gasteiger charge is 2.36. The zero-order chi connectivity index (χ0) is 22.3. The van der Waals surface area contributed by atoms with Gasteiger partial charge in [0, 0.05) is 23.7 Å². The minimum Gasteiger partial charge on any atom is -0.451 e. The molecule has 0 unspecified atom stereocenters. The fraction of sp³-hybridized carbons (Fsp3) is 0.304. The zero-order valence-electron chi connectivity index (χ0n) is 17.2. The Morgan fingerprint density at radius 3 is 2.65 bits per heavy atom. The molecule has 1 aromatic heterocycles. The number of amides is 1. The van der Waals surface area contributed by atoms with E-state index in [0.29, 0.717) is 22.4 Å². The van der Waals surface area contributed by atoms with E-state index < -0.39 is 21.8 Å². The topological polar surface area (TPSA) is 84.7 Å². The van der Waals surface area contributed by atoms with Crippen molar-refractivity contribution in [2.24, 2.45) is 0 Å². The van der Waals surface area contributed by atoms with Gasteiger partial charge in [0.2, 0.25) is 0 Å². The van der Waals surface area contributed by atoms with Crippen LogP contribution in [0.1, 0.15) is 33.7 Å². The van der Waals surface area contributed by atoms with Crippen molar-refractivity contribution in [2.75, 3.05) is 11.5 Å². The van der Waals surface area contributed by atoms with Crippen molar-refractivity contribution in [3.63, 3.8) is 0 Å². The van der Waals surface area contributed by atoms with Gasteiger partial charge in [-0.15, -0.1) is 0 Å². The van der Waals surface area contributed by atoms with E-state index in [9.17, 15) is 18.0 Å². The summed E-state index contributed by atoms with van der Waals surface area (Å²) in [6, 6.07) is 11.3. The average Bonchev–Trinajstić information content (AvgIpc) is 3.04. The summed E-state index contributed by atoms with van der Waals surface area (Å²) in [5.74, 6) is -0.707. The number of carbonyl (C=O) groups is 1. The van der Waals surface area contributed by atoms with Gasteiger partial charge >= 0.3 is 0 Å². The molecule has 6 nitrogen and oxygen atoms in total. The SMILES string of the molecule is Cc1cc(C)c2c(=O)cc(C(=O)N(Cc3cccc(Cl)c3)[C@H]3CCS(=O)(=O)C3)oc2c1. The van der Waals surface area contributed by atoms with Crippen LogP contribution in [0.15, 0.2) is 51.7 Å². The summed E-state index contributed by atoms with van der Waals surface area (Å²) in [4.78, 5) is 27.7. The van der Waals surface area contributed by atoms with Crippen LogP contribution in [0, 0.1) is 13.8 Å². The molecule has 1 atom stereocenters. The molecule has 1 amide bonds. The maximum absolute atomic E-state index is 13.5. The highest BCUT2D eigenvalue weighted by atomic mass is 35.5. The van der Waals surface area contributed by atoms with Gasteiger partial charge in [-0.25, -0.2) is 8.42 Å². The number of halogens is 1. The predicted octanol–water partition coefficient (Wildman–Crippen LogP) is 3.89. The van der Waals surface area contributed by atoms with Crippen LogP contribution < -0.4 is 5.43 Å². The molecule has 1 saturated heterocycles. The molecule has 0 saturated carbocycles. The third-order valence-corrected chi connectivity index (χ3v) is 7.52. The van der Waals surface area contributed by atoms with Crippen LogP contribution in [0.4, 0.5) is 0 Å². The highest BCUT2D eigenvalue weighted by molar-refractivity contribution is 7.91. The molecule has 0 spiro atoms. The first-order valence-electron chi connectivity index (χ1n) is 9.94. The lowest BCUT2D eigenvalue weighted by atomic mass is 10.1. The predicted molar refractivity (Wildman–Crippen MR) is 120 cm³/mol. The van der Waals surface area contributed by atoms with Crippen molar-refractivity contribution in [1.82, 2.24) is 4.90 Å². The number of benzene rings is 2. The van der Waals surface area contributed by atoms with Crippen molar-refractivity contribution in [2.45, 2.75) is 32.9 Å². The number of hydrogen-bond donors (Lipinski definition) is 0. The molecule has 0 N–H and O–H groups in total. The van der Waals surface area contributed by atoms with Crippen molar-refractivity contribution in [1.29, 1.82) is 0 Å². The first-order valence-corrected chi connectivity index (χ1v) is 12.1. The molecular weight excluding hydrogens is 438 g/mol. The Morgan fingerprint density at radius 1 is 1.19 bits per heavy atom. The quantitative estimate of drug-likeness (QED) is 0.590. The second-order valence-corrected chi connectivity index (χ2v) is 10.7. The van der Waals surface area contributed by atoms with Gasteiger partial charge in [0.05, 0.1) is 16.9 Å². The van der Waals surface area contributed by atoms with Crippen molar-refractivity contribution >= 4 is 38.3 Å². The van der Waals surface area contributed by atoms with E-state index in [4.69, 9.17) is 16.0 Å². The molecule has 2 heterocycles. The molecule has 1 fully saturated rings. The average molecular weight is 460 g/mol. The minimum absolute atomic E-state index is 0.0249. The summed E-state index contributed by atoms with van der Waals surface area (Å²) in [6.45, 7) is 3.87. The van der Waals surface area contributed by atoms with E-state index in [-0.39, 0.29) is 29.2 Å². The summed E-state index contributed by atoms with van der Waals surface area (Å²) < 4.78 is 30.0. The normalized spacial score (nSPS) is 17.7. The standard InChI is InChI=1S/C23H22ClNO5S/c1-14-8-15(2)22-19(26)11-21(30-20(22)9-14)23(27)25(18-6-7-31(28,29)13-18)12-16-4-3-5-17(24)10-16/h3-5,8-11,18H,6-7,12-13H2,1-2H3/t18-/m0/s1. The van der Waals surface area contributed by atoms with Gasteiger partial charge in [-0.05, 0) is 55.2 Å². The fourth-order valence-corrected chi connectivity index (χ4v) is 6.07. The maximum atomic E-state index is 13.5. The van der Waals surface area contributed by atoms with Crippen LogP contribution in [0.2, 0.25) is 5.02 Å². The van der Waals surface area contributed by atoms with E-state index in [1.165, 1.54) is 11.0 Å². The van der Waals surface area contributed by atoms with Gasteiger partial charge in [-0.2, -0.15) is 0 Å². The molecule has 2 aromatic carbocycles. The van der Waals surface area contributed by atoms with Gasteiger partial charge in [0.1, 0.15) is 5.58 Å². The Labute approximate surface area is 185 Å². The molecule has 1 aliphatic heterocycles. The lowest BCUT2D eigenvalue weighted by Crippen LogP contribution is -2.41. The number of fused-ring (bicyclic) bond motifs is 1. The second kappa shape index (κ2) is 8.13. The van der Waals surface area contributed by atoms with Crippen LogP contribution in [-0.2, 0) is 16.4 Å². The molecule has 0 bridgehead atoms. The van der Waals surface area contributed by atoms with Crippen LogP contribution >= 0.6 is 11.6 Å². The molecule has 1 aliphatic rings. The van der Waals surface area contributed by atoms with Gasteiger partial charge in [0.15, 0.2) is 21.0 Å². The lowest BCUT2D eigenvalue weighted by Gasteiger charge is -2.28. The molecule has 162 valence electrons. The Morgan fingerprint density at radius 2 is 1.97 bits per heavy atom. The van der Waals surface area contributed by atoms with E-state index in [1.54, 1.807) is 24.3 Å². The zero-order valence-corrected chi connectivity index (χ0v) is 18.8. The number of rotatable bonds is 4. The van der Waals surface area contributed by atoms with Crippen LogP contribution in [0.5, 0.6) is 0 Å². The van der Waals surface area contributed by atoms with Gasteiger partial charge < -0.3 is 9.32 Å². The molecule has 0 radical (unpaired) electrons. The summed E-state index contributed by atoms with van der Waals surface area (Å²) in [5, 5.41) is 0.958. The minimum atomic E-state index is -3.22. The van der Waals surface area contributed by atoms with E-state index >= 15 is 0 Å². The van der Waals surface area contributed by atoms with Gasteiger partial charge in [0.25, 0.3) is 5.91 Å². The summed E-state index contributed by atoms with van der Waals surface area (Å²) in [6.07, 6.45) is 0.338. The lowest BCUT2D eigenvalue weighted by molar-refractivity contribution is 0.0648. The van der Waals surface area contributed by atoms with E-state index in [1.807, 2.05) is 26.0 Å². The molecule has 31 heavy (non-hydrogen) atoms. The maximum Gasteiger partial charge on any atom is 0.290 e. The first-order chi connectivity index (χ1) is 14.6. The summed E-state index contributed by atoms with van der Waals surface area (Å²) in [7, 11) is -3.22. The van der Waals surface area contributed by atoms with E-state index in [2.05, 4.69) is 0 Å². The number of aryl methyl sites for hydroxylation is 2. The first kappa shape index (κ1) is 21.6.